The molecular weight excluding hydrogens is 190 g/mol. The molecule has 1 rings (SSSR count). The van der Waals surface area contributed by atoms with Crippen molar-refractivity contribution in [3.05, 3.63) is 29.8 Å². The zero-order valence-corrected chi connectivity index (χ0v) is 9.19. The SMILES string of the molecule is CC(=O)COc1cccc(C(C)CN)c1. The molecule has 0 heterocycles. The van der Waals surface area contributed by atoms with Gasteiger partial charge < -0.3 is 10.5 Å². The number of hydrogen-bond donors (Lipinski definition) is 1. The summed E-state index contributed by atoms with van der Waals surface area (Å²) in [5.41, 5.74) is 6.72. The lowest BCUT2D eigenvalue weighted by Gasteiger charge is -2.10. The first-order valence-electron chi connectivity index (χ1n) is 5.05. The summed E-state index contributed by atoms with van der Waals surface area (Å²) in [4.78, 5) is 10.7. The van der Waals surface area contributed by atoms with Crippen LogP contribution in [0.2, 0.25) is 0 Å². The minimum atomic E-state index is 0.0206. The Hall–Kier alpha value is -1.35. The van der Waals surface area contributed by atoms with E-state index in [0.717, 1.165) is 11.3 Å². The highest BCUT2D eigenvalue weighted by atomic mass is 16.5. The van der Waals surface area contributed by atoms with Gasteiger partial charge in [0.05, 0.1) is 0 Å². The van der Waals surface area contributed by atoms with Gasteiger partial charge in [-0.25, -0.2) is 0 Å². The van der Waals surface area contributed by atoms with Crippen LogP contribution >= 0.6 is 0 Å². The van der Waals surface area contributed by atoms with Crippen molar-refractivity contribution in [1.29, 1.82) is 0 Å². The molecule has 1 atom stereocenters. The van der Waals surface area contributed by atoms with E-state index in [1.807, 2.05) is 24.3 Å². The first-order valence-corrected chi connectivity index (χ1v) is 5.05. The van der Waals surface area contributed by atoms with Crippen molar-refractivity contribution < 1.29 is 9.53 Å². The molecule has 15 heavy (non-hydrogen) atoms. The van der Waals surface area contributed by atoms with Crippen LogP contribution in [0.4, 0.5) is 0 Å². The van der Waals surface area contributed by atoms with Gasteiger partial charge in [0.25, 0.3) is 0 Å². The number of benzene rings is 1. The fourth-order valence-electron chi connectivity index (χ4n) is 1.23. The highest BCUT2D eigenvalue weighted by Crippen LogP contribution is 2.19. The number of rotatable bonds is 5. The van der Waals surface area contributed by atoms with Crippen LogP contribution in [0.15, 0.2) is 24.3 Å². The van der Waals surface area contributed by atoms with Gasteiger partial charge in [-0.3, -0.25) is 4.79 Å². The van der Waals surface area contributed by atoms with E-state index >= 15 is 0 Å². The van der Waals surface area contributed by atoms with E-state index in [1.165, 1.54) is 6.92 Å². The Kier molecular flexibility index (Phi) is 4.31. The molecule has 0 bridgehead atoms. The van der Waals surface area contributed by atoms with Gasteiger partial charge in [-0.1, -0.05) is 19.1 Å². The van der Waals surface area contributed by atoms with E-state index in [4.69, 9.17) is 10.5 Å². The van der Waals surface area contributed by atoms with E-state index in [-0.39, 0.29) is 12.4 Å². The van der Waals surface area contributed by atoms with Crippen LogP contribution < -0.4 is 10.5 Å². The Morgan fingerprint density at radius 3 is 2.87 bits per heavy atom. The Labute approximate surface area is 90.2 Å². The second-order valence-corrected chi connectivity index (χ2v) is 3.70. The number of nitrogens with two attached hydrogens (primary N) is 1. The monoisotopic (exact) mass is 207 g/mol. The topological polar surface area (TPSA) is 52.3 Å². The molecule has 0 radical (unpaired) electrons. The zero-order chi connectivity index (χ0) is 11.3. The number of carbonyl (C=O) groups is 1. The molecule has 1 aromatic carbocycles. The molecule has 3 nitrogen and oxygen atoms in total. The summed E-state index contributed by atoms with van der Waals surface area (Å²) in [6, 6.07) is 7.70. The Balaban J connectivity index is 2.69. The summed E-state index contributed by atoms with van der Waals surface area (Å²) in [6.45, 7) is 4.30. The van der Waals surface area contributed by atoms with Crippen molar-refractivity contribution in [2.45, 2.75) is 19.8 Å². The molecule has 0 saturated heterocycles. The van der Waals surface area contributed by atoms with Crippen LogP contribution in [0, 0.1) is 0 Å². The Morgan fingerprint density at radius 2 is 2.27 bits per heavy atom. The number of ketones is 1. The average molecular weight is 207 g/mol. The summed E-state index contributed by atoms with van der Waals surface area (Å²) in [7, 11) is 0. The molecule has 1 unspecified atom stereocenters. The minimum Gasteiger partial charge on any atom is -0.486 e. The summed E-state index contributed by atoms with van der Waals surface area (Å²) in [6.07, 6.45) is 0. The number of carbonyl (C=O) groups excluding carboxylic acids is 1. The average Bonchev–Trinajstić information content (AvgIpc) is 2.25. The third-order valence-corrected chi connectivity index (χ3v) is 2.22. The smallest absolute Gasteiger partial charge is 0.167 e. The first-order chi connectivity index (χ1) is 7.13. The maximum absolute atomic E-state index is 10.7. The van der Waals surface area contributed by atoms with Gasteiger partial charge in [0.1, 0.15) is 12.4 Å². The van der Waals surface area contributed by atoms with E-state index in [0.29, 0.717) is 12.5 Å². The molecule has 1 aromatic rings. The van der Waals surface area contributed by atoms with E-state index in [2.05, 4.69) is 6.92 Å². The number of ether oxygens (including phenoxy) is 1. The largest absolute Gasteiger partial charge is 0.486 e. The molecule has 0 fully saturated rings. The Morgan fingerprint density at radius 1 is 1.53 bits per heavy atom. The molecular formula is C12H17NO2. The van der Waals surface area contributed by atoms with E-state index in [1.54, 1.807) is 0 Å². The van der Waals surface area contributed by atoms with Crippen molar-refractivity contribution >= 4 is 5.78 Å². The third-order valence-electron chi connectivity index (χ3n) is 2.22. The van der Waals surface area contributed by atoms with Crippen molar-refractivity contribution in [3.63, 3.8) is 0 Å². The highest BCUT2D eigenvalue weighted by molar-refractivity contribution is 5.77. The van der Waals surface area contributed by atoms with Gasteiger partial charge in [0, 0.05) is 0 Å². The molecule has 2 N–H and O–H groups in total. The molecule has 0 aliphatic carbocycles. The van der Waals surface area contributed by atoms with Gasteiger partial charge in [-0.05, 0) is 37.1 Å². The fraction of sp³-hybridized carbons (Fsp3) is 0.417. The van der Waals surface area contributed by atoms with Crippen LogP contribution in [0.5, 0.6) is 5.75 Å². The third kappa shape index (κ3) is 3.72. The van der Waals surface area contributed by atoms with E-state index in [9.17, 15) is 4.79 Å². The predicted octanol–water partition coefficient (Wildman–Crippen LogP) is 1.72. The van der Waals surface area contributed by atoms with Crippen LogP contribution in [-0.4, -0.2) is 18.9 Å². The van der Waals surface area contributed by atoms with Gasteiger partial charge in [-0.2, -0.15) is 0 Å². The molecule has 0 saturated carbocycles. The molecule has 82 valence electrons. The van der Waals surface area contributed by atoms with Crippen LogP contribution in [0.25, 0.3) is 0 Å². The molecule has 0 aliphatic heterocycles. The van der Waals surface area contributed by atoms with Gasteiger partial charge in [0.15, 0.2) is 5.78 Å². The molecule has 0 amide bonds. The summed E-state index contributed by atoms with van der Waals surface area (Å²) >= 11 is 0. The maximum Gasteiger partial charge on any atom is 0.167 e. The first kappa shape index (κ1) is 11.7. The highest BCUT2D eigenvalue weighted by Gasteiger charge is 2.04. The van der Waals surface area contributed by atoms with Gasteiger partial charge >= 0.3 is 0 Å². The van der Waals surface area contributed by atoms with Crippen LogP contribution in [0.1, 0.15) is 25.3 Å². The molecule has 0 spiro atoms. The van der Waals surface area contributed by atoms with Crippen LogP contribution in [0.3, 0.4) is 0 Å². The standard InChI is InChI=1S/C12H17NO2/c1-9(7-13)11-4-3-5-12(6-11)15-8-10(2)14/h3-6,9H,7-8,13H2,1-2H3. The van der Waals surface area contributed by atoms with Gasteiger partial charge in [-0.15, -0.1) is 0 Å². The lowest BCUT2D eigenvalue weighted by Crippen LogP contribution is -2.10. The zero-order valence-electron chi connectivity index (χ0n) is 9.19. The van der Waals surface area contributed by atoms with Crippen molar-refractivity contribution in [3.8, 4) is 5.75 Å². The normalized spacial score (nSPS) is 12.2. The second-order valence-electron chi connectivity index (χ2n) is 3.70. The van der Waals surface area contributed by atoms with Gasteiger partial charge in [0.2, 0.25) is 0 Å². The fourth-order valence-corrected chi connectivity index (χ4v) is 1.23. The number of hydrogen-bond acceptors (Lipinski definition) is 3. The Bertz CT molecular complexity index is 336. The quantitative estimate of drug-likeness (QED) is 0.799. The van der Waals surface area contributed by atoms with Crippen molar-refractivity contribution in [2.75, 3.05) is 13.2 Å². The van der Waals surface area contributed by atoms with E-state index < -0.39 is 0 Å². The van der Waals surface area contributed by atoms with Crippen molar-refractivity contribution in [1.82, 2.24) is 0 Å². The number of Topliss-reactive ketones (excluding diaryl/α,β-unsaturated/α-hetero) is 1. The molecule has 0 aromatic heterocycles. The van der Waals surface area contributed by atoms with Crippen molar-refractivity contribution in [2.24, 2.45) is 5.73 Å². The summed E-state index contributed by atoms with van der Waals surface area (Å²) in [5, 5.41) is 0. The second kappa shape index (κ2) is 5.51. The maximum atomic E-state index is 10.7. The molecule has 0 aliphatic rings. The van der Waals surface area contributed by atoms with Crippen LogP contribution in [-0.2, 0) is 4.79 Å². The summed E-state index contributed by atoms with van der Waals surface area (Å²) in [5.74, 6) is 1.06. The lowest BCUT2D eigenvalue weighted by molar-refractivity contribution is -0.118. The molecule has 3 heteroatoms. The predicted molar refractivity (Wildman–Crippen MR) is 60.1 cm³/mol. The lowest BCUT2D eigenvalue weighted by atomic mass is 10.0. The summed E-state index contributed by atoms with van der Waals surface area (Å²) < 4.78 is 5.31. The minimum absolute atomic E-state index is 0.0206.